The molecule has 0 unspecified atom stereocenters. The van der Waals surface area contributed by atoms with Crippen LogP contribution in [0.25, 0.3) is 22.3 Å². The molecule has 0 aliphatic carbocycles. The van der Waals surface area contributed by atoms with E-state index in [4.69, 9.17) is 0 Å². The first-order valence-corrected chi connectivity index (χ1v) is 7.84. The van der Waals surface area contributed by atoms with Crippen LogP contribution in [-0.2, 0) is 11.2 Å². The maximum Gasteiger partial charge on any atom is 0.258 e. The van der Waals surface area contributed by atoms with Gasteiger partial charge in [-0.1, -0.05) is 54.6 Å². The molecule has 0 fully saturated rings. The summed E-state index contributed by atoms with van der Waals surface area (Å²) in [5.41, 5.74) is 5.74. The van der Waals surface area contributed by atoms with E-state index in [9.17, 15) is 9.59 Å². The van der Waals surface area contributed by atoms with Gasteiger partial charge in [-0.25, -0.2) is 0 Å². The topological polar surface area (TPSA) is 46.2 Å². The molecule has 0 aromatic heterocycles. The van der Waals surface area contributed by atoms with Gasteiger partial charge in [0.25, 0.3) is 5.91 Å². The SMILES string of the molecule is O=C1Cc2cc(-c3cccc(-c4ccccc4)c3)ccc2C(=O)N1. The molecule has 0 saturated heterocycles. The zero-order chi connectivity index (χ0) is 16.5. The highest BCUT2D eigenvalue weighted by atomic mass is 16.2. The van der Waals surface area contributed by atoms with Crippen molar-refractivity contribution < 1.29 is 9.59 Å². The minimum atomic E-state index is -0.314. The van der Waals surface area contributed by atoms with E-state index in [0.717, 1.165) is 27.8 Å². The molecule has 3 nitrogen and oxygen atoms in total. The van der Waals surface area contributed by atoms with Crippen molar-refractivity contribution in [3.63, 3.8) is 0 Å². The zero-order valence-corrected chi connectivity index (χ0v) is 13.0. The molecule has 0 spiro atoms. The Labute approximate surface area is 140 Å². The van der Waals surface area contributed by atoms with E-state index >= 15 is 0 Å². The summed E-state index contributed by atoms with van der Waals surface area (Å²) in [6.45, 7) is 0. The predicted octanol–water partition coefficient (Wildman–Crippen LogP) is 3.83. The first-order chi connectivity index (χ1) is 11.7. The number of carbonyl (C=O) groups excluding carboxylic acids is 2. The highest BCUT2D eigenvalue weighted by Gasteiger charge is 2.22. The van der Waals surface area contributed by atoms with Crippen LogP contribution in [0.1, 0.15) is 15.9 Å². The lowest BCUT2D eigenvalue weighted by molar-refractivity contribution is -0.119. The van der Waals surface area contributed by atoms with Crippen LogP contribution in [0, 0.1) is 0 Å². The van der Waals surface area contributed by atoms with Crippen LogP contribution in [-0.4, -0.2) is 11.8 Å². The molecule has 1 aliphatic heterocycles. The molecule has 3 heteroatoms. The third kappa shape index (κ3) is 2.61. The van der Waals surface area contributed by atoms with Crippen LogP contribution < -0.4 is 5.32 Å². The van der Waals surface area contributed by atoms with Gasteiger partial charge >= 0.3 is 0 Å². The number of nitrogens with one attached hydrogen (secondary N) is 1. The molecule has 24 heavy (non-hydrogen) atoms. The van der Waals surface area contributed by atoms with Crippen molar-refractivity contribution in [1.82, 2.24) is 5.32 Å². The standard InChI is InChI=1S/C21H15NO2/c23-20-13-18-12-17(9-10-19(18)21(24)22-20)16-8-4-7-15(11-16)14-5-2-1-3-6-14/h1-12H,13H2,(H,22,23,24). The van der Waals surface area contributed by atoms with E-state index < -0.39 is 0 Å². The molecular formula is C21H15NO2. The van der Waals surface area contributed by atoms with Gasteiger partial charge in [-0.15, -0.1) is 0 Å². The van der Waals surface area contributed by atoms with Crippen LogP contribution >= 0.6 is 0 Å². The highest BCUT2D eigenvalue weighted by Crippen LogP contribution is 2.28. The van der Waals surface area contributed by atoms with Gasteiger partial charge in [-0.3, -0.25) is 14.9 Å². The minimum Gasteiger partial charge on any atom is -0.292 e. The lowest BCUT2D eigenvalue weighted by atomic mass is 9.93. The molecule has 3 aromatic rings. The van der Waals surface area contributed by atoms with E-state index in [1.54, 1.807) is 6.07 Å². The molecule has 2 amide bonds. The van der Waals surface area contributed by atoms with Gasteiger partial charge in [0.2, 0.25) is 5.91 Å². The van der Waals surface area contributed by atoms with Gasteiger partial charge in [0, 0.05) is 5.56 Å². The average molecular weight is 313 g/mol. The Kier molecular flexibility index (Phi) is 3.47. The minimum absolute atomic E-state index is 0.243. The van der Waals surface area contributed by atoms with Gasteiger partial charge in [0.15, 0.2) is 0 Å². The Bertz CT molecular complexity index is 945. The average Bonchev–Trinajstić information content (AvgIpc) is 2.62. The van der Waals surface area contributed by atoms with Gasteiger partial charge in [0.1, 0.15) is 0 Å². The Morgan fingerprint density at radius 2 is 1.33 bits per heavy atom. The van der Waals surface area contributed by atoms with Crippen molar-refractivity contribution in [2.45, 2.75) is 6.42 Å². The Balaban J connectivity index is 1.76. The fraction of sp³-hybridized carbons (Fsp3) is 0.0476. The molecule has 0 radical (unpaired) electrons. The van der Waals surface area contributed by atoms with Crippen LogP contribution in [0.2, 0.25) is 0 Å². The second kappa shape index (κ2) is 5.78. The number of benzene rings is 3. The van der Waals surface area contributed by atoms with Crippen LogP contribution in [0.15, 0.2) is 72.8 Å². The normalized spacial score (nSPS) is 13.3. The summed E-state index contributed by atoms with van der Waals surface area (Å²) in [6.07, 6.45) is 0.243. The van der Waals surface area contributed by atoms with Crippen molar-refractivity contribution in [2.24, 2.45) is 0 Å². The van der Waals surface area contributed by atoms with Crippen molar-refractivity contribution in [2.75, 3.05) is 0 Å². The van der Waals surface area contributed by atoms with Gasteiger partial charge in [-0.05, 0) is 46.0 Å². The maximum atomic E-state index is 11.9. The summed E-state index contributed by atoms with van der Waals surface area (Å²) in [5.74, 6) is -0.562. The third-order valence-electron chi connectivity index (χ3n) is 4.26. The van der Waals surface area contributed by atoms with Crippen molar-refractivity contribution in [1.29, 1.82) is 0 Å². The molecule has 0 atom stereocenters. The number of hydrogen-bond acceptors (Lipinski definition) is 2. The first kappa shape index (κ1) is 14.4. The molecule has 1 N–H and O–H groups in total. The molecular weight excluding hydrogens is 298 g/mol. The Hall–Kier alpha value is -3.20. The molecule has 1 heterocycles. The molecule has 0 bridgehead atoms. The van der Waals surface area contributed by atoms with E-state index in [-0.39, 0.29) is 18.2 Å². The summed E-state index contributed by atoms with van der Waals surface area (Å²) in [6, 6.07) is 24.1. The van der Waals surface area contributed by atoms with Crippen molar-refractivity contribution >= 4 is 11.8 Å². The summed E-state index contributed by atoms with van der Waals surface area (Å²) in [5, 5.41) is 2.35. The van der Waals surface area contributed by atoms with Gasteiger partial charge in [-0.2, -0.15) is 0 Å². The third-order valence-corrected chi connectivity index (χ3v) is 4.26. The Morgan fingerprint density at radius 3 is 2.12 bits per heavy atom. The summed E-state index contributed by atoms with van der Waals surface area (Å²) >= 11 is 0. The number of imide groups is 1. The second-order valence-corrected chi connectivity index (χ2v) is 5.87. The number of fused-ring (bicyclic) bond motifs is 1. The first-order valence-electron chi connectivity index (χ1n) is 7.84. The van der Waals surface area contributed by atoms with E-state index in [2.05, 4.69) is 29.6 Å². The van der Waals surface area contributed by atoms with Crippen molar-refractivity contribution in [3.8, 4) is 22.3 Å². The monoisotopic (exact) mass is 313 g/mol. The molecule has 116 valence electrons. The van der Waals surface area contributed by atoms with E-state index in [1.807, 2.05) is 42.5 Å². The summed E-state index contributed by atoms with van der Waals surface area (Å²) in [7, 11) is 0. The van der Waals surface area contributed by atoms with Crippen LogP contribution in [0.3, 0.4) is 0 Å². The van der Waals surface area contributed by atoms with Gasteiger partial charge in [0.05, 0.1) is 6.42 Å². The van der Waals surface area contributed by atoms with Gasteiger partial charge < -0.3 is 0 Å². The van der Waals surface area contributed by atoms with Crippen molar-refractivity contribution in [3.05, 3.63) is 83.9 Å². The summed E-state index contributed by atoms with van der Waals surface area (Å²) < 4.78 is 0. The fourth-order valence-electron chi connectivity index (χ4n) is 3.06. The van der Waals surface area contributed by atoms with E-state index in [0.29, 0.717) is 5.56 Å². The molecule has 1 aliphatic rings. The molecule has 3 aromatic carbocycles. The lowest BCUT2D eigenvalue weighted by Crippen LogP contribution is -2.37. The quantitative estimate of drug-likeness (QED) is 0.731. The number of amides is 2. The second-order valence-electron chi connectivity index (χ2n) is 5.87. The molecule has 0 saturated carbocycles. The maximum absolute atomic E-state index is 11.9. The predicted molar refractivity (Wildman–Crippen MR) is 93.5 cm³/mol. The number of rotatable bonds is 2. The zero-order valence-electron chi connectivity index (χ0n) is 13.0. The summed E-state index contributed by atoms with van der Waals surface area (Å²) in [4.78, 5) is 23.4. The van der Waals surface area contributed by atoms with Crippen LogP contribution in [0.5, 0.6) is 0 Å². The lowest BCUT2D eigenvalue weighted by Gasteiger charge is -2.16. The smallest absolute Gasteiger partial charge is 0.258 e. The largest absolute Gasteiger partial charge is 0.292 e. The number of hydrogen-bond donors (Lipinski definition) is 1. The van der Waals surface area contributed by atoms with Crippen LogP contribution in [0.4, 0.5) is 0 Å². The fourth-order valence-corrected chi connectivity index (χ4v) is 3.06. The highest BCUT2D eigenvalue weighted by molar-refractivity contribution is 6.10. The molecule has 4 rings (SSSR count). The Morgan fingerprint density at radius 1 is 0.667 bits per heavy atom. The van der Waals surface area contributed by atoms with E-state index in [1.165, 1.54) is 0 Å². The number of carbonyl (C=O) groups is 2.